The second kappa shape index (κ2) is 25.8. The van der Waals surface area contributed by atoms with Crippen LogP contribution in [0.4, 0.5) is 0 Å². The number of carboxylic acids is 2. The summed E-state index contributed by atoms with van der Waals surface area (Å²) in [5, 5.41) is 20.6. The van der Waals surface area contributed by atoms with Gasteiger partial charge in [-0.1, -0.05) is 77.0 Å². The van der Waals surface area contributed by atoms with E-state index < -0.39 is 35.7 Å². The van der Waals surface area contributed by atoms with Crippen LogP contribution in [0.2, 0.25) is 0 Å². The summed E-state index contributed by atoms with van der Waals surface area (Å²) in [6.45, 7) is -0.645. The molecule has 0 aromatic rings. The molecule has 0 spiro atoms. The van der Waals surface area contributed by atoms with Gasteiger partial charge in [0.05, 0.1) is 19.6 Å². The molecule has 45 heavy (non-hydrogen) atoms. The molecule has 0 radical (unpaired) electrons. The number of aldehydes is 1. The third kappa shape index (κ3) is 22.6. The molecule has 0 aliphatic heterocycles. The fourth-order valence-corrected chi connectivity index (χ4v) is 4.70. The molecule has 0 aromatic heterocycles. The summed E-state index contributed by atoms with van der Waals surface area (Å²) >= 11 is 0. The lowest BCUT2D eigenvalue weighted by molar-refractivity contribution is -0.143. The minimum atomic E-state index is -1.23. The van der Waals surface area contributed by atoms with Crippen molar-refractivity contribution in [3.8, 4) is 0 Å². The summed E-state index contributed by atoms with van der Waals surface area (Å²) in [4.78, 5) is 85.3. The predicted molar refractivity (Wildman–Crippen MR) is 169 cm³/mol. The number of hydrogen-bond donors (Lipinski definition) is 3. The summed E-state index contributed by atoms with van der Waals surface area (Å²) < 4.78 is 0. The van der Waals surface area contributed by atoms with Crippen molar-refractivity contribution in [3.05, 3.63) is 0 Å². The standard InChI is InChI=1S/C32H56N4O9/c1-34(22-23-37)29(40)24-36(3)30(41)25-35(2)28(39)21-20-26(32(44)45)33-27(38)18-16-14-12-10-8-6-4-5-7-9-11-13-15-17-19-31(42)43/h23,26H,4-22,24-25H2,1-3H3,(H,33,38)(H,42,43)(H,44,45)/t26-/m0/s1. The van der Waals surface area contributed by atoms with Gasteiger partial charge in [-0.2, -0.15) is 0 Å². The molecule has 0 unspecified atom stereocenters. The first-order chi connectivity index (χ1) is 21.4. The summed E-state index contributed by atoms with van der Waals surface area (Å²) in [7, 11) is 4.25. The van der Waals surface area contributed by atoms with E-state index in [9.17, 15) is 38.7 Å². The van der Waals surface area contributed by atoms with Crippen molar-refractivity contribution in [1.29, 1.82) is 0 Å². The van der Waals surface area contributed by atoms with E-state index in [1.165, 1.54) is 64.6 Å². The number of carbonyl (C=O) groups is 7. The van der Waals surface area contributed by atoms with Crippen LogP contribution >= 0.6 is 0 Å². The molecule has 3 N–H and O–H groups in total. The maximum absolute atomic E-state index is 12.5. The second-order valence-electron chi connectivity index (χ2n) is 11.8. The lowest BCUT2D eigenvalue weighted by atomic mass is 10.0. The van der Waals surface area contributed by atoms with Gasteiger partial charge in [0.25, 0.3) is 0 Å². The highest BCUT2D eigenvalue weighted by molar-refractivity contribution is 5.89. The Labute approximate surface area is 268 Å². The normalized spacial score (nSPS) is 11.4. The van der Waals surface area contributed by atoms with Gasteiger partial charge in [0.15, 0.2) is 0 Å². The van der Waals surface area contributed by atoms with Gasteiger partial charge in [0.1, 0.15) is 12.3 Å². The van der Waals surface area contributed by atoms with Gasteiger partial charge in [-0.15, -0.1) is 0 Å². The van der Waals surface area contributed by atoms with Crippen LogP contribution in [0.15, 0.2) is 0 Å². The van der Waals surface area contributed by atoms with Gasteiger partial charge >= 0.3 is 11.9 Å². The average Bonchev–Trinajstić information content (AvgIpc) is 2.98. The maximum Gasteiger partial charge on any atom is 0.326 e. The number of rotatable bonds is 28. The zero-order valence-electron chi connectivity index (χ0n) is 27.6. The molecule has 0 saturated carbocycles. The zero-order valence-corrected chi connectivity index (χ0v) is 27.6. The molecule has 0 saturated heterocycles. The Balaban J connectivity index is 4.05. The van der Waals surface area contributed by atoms with Gasteiger partial charge in [-0.3, -0.25) is 24.0 Å². The number of nitrogens with one attached hydrogen (secondary N) is 1. The molecule has 4 amide bonds. The largest absolute Gasteiger partial charge is 0.481 e. The van der Waals surface area contributed by atoms with E-state index in [1.807, 2.05) is 0 Å². The number of nitrogens with zero attached hydrogens (tertiary/aromatic N) is 3. The van der Waals surface area contributed by atoms with Crippen molar-refractivity contribution in [2.75, 3.05) is 40.8 Å². The van der Waals surface area contributed by atoms with Gasteiger partial charge in [-0.25, -0.2) is 4.79 Å². The van der Waals surface area contributed by atoms with Crippen LogP contribution in [0, 0.1) is 0 Å². The fraction of sp³-hybridized carbons (Fsp3) is 0.781. The molecule has 0 rings (SSSR count). The monoisotopic (exact) mass is 640 g/mol. The van der Waals surface area contributed by atoms with E-state index in [-0.39, 0.29) is 51.2 Å². The number of aliphatic carboxylic acids is 2. The third-order valence-electron chi connectivity index (χ3n) is 7.70. The summed E-state index contributed by atoms with van der Waals surface area (Å²) in [6.07, 6.45) is 15.7. The van der Waals surface area contributed by atoms with Crippen LogP contribution in [-0.2, 0) is 33.6 Å². The lowest BCUT2D eigenvalue weighted by Gasteiger charge is -2.24. The van der Waals surface area contributed by atoms with Gasteiger partial charge < -0.3 is 35.0 Å². The molecule has 0 heterocycles. The van der Waals surface area contributed by atoms with Crippen LogP contribution in [0.1, 0.15) is 116 Å². The van der Waals surface area contributed by atoms with Gasteiger partial charge in [-0.05, 0) is 19.3 Å². The van der Waals surface area contributed by atoms with Crippen LogP contribution in [0.3, 0.4) is 0 Å². The van der Waals surface area contributed by atoms with Crippen molar-refractivity contribution in [1.82, 2.24) is 20.0 Å². The Hall–Kier alpha value is -3.51. The lowest BCUT2D eigenvalue weighted by Crippen LogP contribution is -2.45. The Morgan fingerprint density at radius 2 is 0.978 bits per heavy atom. The molecular weight excluding hydrogens is 584 g/mol. The Morgan fingerprint density at radius 1 is 0.578 bits per heavy atom. The third-order valence-corrected chi connectivity index (χ3v) is 7.70. The van der Waals surface area contributed by atoms with E-state index in [0.29, 0.717) is 12.7 Å². The van der Waals surface area contributed by atoms with Crippen molar-refractivity contribution in [3.63, 3.8) is 0 Å². The van der Waals surface area contributed by atoms with E-state index in [1.54, 1.807) is 0 Å². The minimum absolute atomic E-state index is 0.0927. The Kier molecular flexibility index (Phi) is 23.8. The molecule has 0 aliphatic carbocycles. The number of carboxylic acid groups (broad SMARTS) is 2. The number of hydrogen-bond acceptors (Lipinski definition) is 7. The van der Waals surface area contributed by atoms with Gasteiger partial charge in [0.2, 0.25) is 23.6 Å². The van der Waals surface area contributed by atoms with Crippen molar-refractivity contribution >= 4 is 41.9 Å². The molecule has 13 nitrogen and oxygen atoms in total. The van der Waals surface area contributed by atoms with E-state index >= 15 is 0 Å². The first-order valence-corrected chi connectivity index (χ1v) is 16.3. The molecule has 13 heteroatoms. The van der Waals surface area contributed by atoms with Crippen molar-refractivity contribution < 1.29 is 43.8 Å². The highest BCUT2D eigenvalue weighted by Gasteiger charge is 2.23. The molecular formula is C32H56N4O9. The summed E-state index contributed by atoms with van der Waals surface area (Å²) in [5.74, 6) is -3.70. The van der Waals surface area contributed by atoms with Crippen molar-refractivity contribution in [2.24, 2.45) is 0 Å². The van der Waals surface area contributed by atoms with Crippen LogP contribution in [-0.4, -0.2) is 114 Å². The maximum atomic E-state index is 12.5. The minimum Gasteiger partial charge on any atom is -0.481 e. The van der Waals surface area contributed by atoms with E-state index in [4.69, 9.17) is 5.11 Å². The highest BCUT2D eigenvalue weighted by Crippen LogP contribution is 2.14. The van der Waals surface area contributed by atoms with E-state index in [2.05, 4.69) is 5.32 Å². The predicted octanol–water partition coefficient (Wildman–Crippen LogP) is 3.24. The highest BCUT2D eigenvalue weighted by atomic mass is 16.4. The van der Waals surface area contributed by atoms with Gasteiger partial charge in [0, 0.05) is 40.4 Å². The number of carbonyl (C=O) groups excluding carboxylic acids is 5. The average molecular weight is 641 g/mol. The molecule has 0 fully saturated rings. The van der Waals surface area contributed by atoms with Crippen LogP contribution < -0.4 is 5.32 Å². The van der Waals surface area contributed by atoms with E-state index in [0.717, 1.165) is 54.7 Å². The topological polar surface area (TPSA) is 182 Å². The molecule has 0 bridgehead atoms. The van der Waals surface area contributed by atoms with Crippen molar-refractivity contribution in [2.45, 2.75) is 122 Å². The van der Waals surface area contributed by atoms with Crippen LogP contribution in [0.5, 0.6) is 0 Å². The number of unbranched alkanes of at least 4 members (excludes halogenated alkanes) is 13. The number of amides is 4. The first kappa shape index (κ1) is 41.5. The Bertz CT molecular complexity index is 928. The zero-order chi connectivity index (χ0) is 34.0. The quantitative estimate of drug-likeness (QED) is 0.0854. The molecule has 1 atom stereocenters. The first-order valence-electron chi connectivity index (χ1n) is 16.3. The van der Waals surface area contributed by atoms with Crippen LogP contribution in [0.25, 0.3) is 0 Å². The second-order valence-corrected chi connectivity index (χ2v) is 11.8. The summed E-state index contributed by atoms with van der Waals surface area (Å²) in [6, 6.07) is -1.21. The molecule has 0 aromatic carbocycles. The fourth-order valence-electron chi connectivity index (χ4n) is 4.70. The number of likely N-dealkylation sites (N-methyl/N-ethyl adjacent to an activating group) is 3. The summed E-state index contributed by atoms with van der Waals surface area (Å²) in [5.41, 5.74) is 0. The smallest absolute Gasteiger partial charge is 0.326 e. The SMILES string of the molecule is CN(CC=O)C(=O)CN(C)C(=O)CN(C)C(=O)CC[C@H](NC(=O)CCCCCCCCCCCCCCCCC(=O)O)C(=O)O. The Morgan fingerprint density at radius 3 is 1.40 bits per heavy atom. The molecule has 258 valence electrons. The molecule has 0 aliphatic rings.